The number of phenols is 1. The van der Waals surface area contributed by atoms with Gasteiger partial charge in [-0.1, -0.05) is 12.1 Å². The summed E-state index contributed by atoms with van der Waals surface area (Å²) in [5.74, 6) is 5.10. The van der Waals surface area contributed by atoms with Gasteiger partial charge in [-0.2, -0.15) is 0 Å². The van der Waals surface area contributed by atoms with Gasteiger partial charge in [0.15, 0.2) is 0 Å². The zero-order valence-corrected chi connectivity index (χ0v) is 10.2. The molecule has 3 aliphatic carbocycles. The molecule has 1 heteroatoms. The molecule has 0 aromatic heterocycles. The maximum absolute atomic E-state index is 9.66. The van der Waals surface area contributed by atoms with Gasteiger partial charge in [0.05, 0.1) is 0 Å². The summed E-state index contributed by atoms with van der Waals surface area (Å²) in [5, 5.41) is 9.66. The number of rotatable bonds is 1. The van der Waals surface area contributed by atoms with Crippen molar-refractivity contribution in [1.29, 1.82) is 0 Å². The van der Waals surface area contributed by atoms with Crippen LogP contribution in [0.4, 0.5) is 0 Å². The van der Waals surface area contributed by atoms with Crippen LogP contribution in [0.1, 0.15) is 43.6 Å². The van der Waals surface area contributed by atoms with E-state index in [-0.39, 0.29) is 0 Å². The minimum absolute atomic E-state index is 0.440. The Morgan fingerprint density at radius 3 is 2.59 bits per heavy atom. The molecule has 0 amide bonds. The SMILES string of the molecule is Oc1cccc([C@H]2CC3CC4CC(C3)C2C4)c1. The van der Waals surface area contributed by atoms with Crippen LogP contribution in [-0.4, -0.2) is 5.11 Å². The first-order chi connectivity index (χ1) is 8.29. The lowest BCUT2D eigenvalue weighted by Crippen LogP contribution is -2.28. The maximum atomic E-state index is 9.66. The first-order valence-corrected chi connectivity index (χ1v) is 7.08. The molecular weight excluding hydrogens is 208 g/mol. The van der Waals surface area contributed by atoms with Gasteiger partial charge in [0, 0.05) is 0 Å². The molecule has 0 heterocycles. The van der Waals surface area contributed by atoms with E-state index in [2.05, 4.69) is 6.07 Å². The predicted molar refractivity (Wildman–Crippen MR) is 67.9 cm³/mol. The summed E-state index contributed by atoms with van der Waals surface area (Å²) < 4.78 is 0. The highest BCUT2D eigenvalue weighted by Gasteiger charge is 2.48. The monoisotopic (exact) mass is 228 g/mol. The summed E-state index contributed by atoms with van der Waals surface area (Å²) in [7, 11) is 0. The van der Waals surface area contributed by atoms with Gasteiger partial charge in [0.25, 0.3) is 0 Å². The van der Waals surface area contributed by atoms with Gasteiger partial charge in [-0.15, -0.1) is 0 Å². The lowest BCUT2D eigenvalue weighted by atomic mass is 9.65. The largest absolute Gasteiger partial charge is 0.508 e. The number of phenolic OH excluding ortho intramolecular Hbond substituents is 1. The van der Waals surface area contributed by atoms with Crippen molar-refractivity contribution in [3.05, 3.63) is 29.8 Å². The average Bonchev–Trinajstić information content (AvgIpc) is 2.52. The van der Waals surface area contributed by atoms with E-state index in [0.717, 1.165) is 29.6 Å². The van der Waals surface area contributed by atoms with Gasteiger partial charge < -0.3 is 5.11 Å². The molecule has 1 N–H and O–H groups in total. The van der Waals surface area contributed by atoms with Crippen molar-refractivity contribution in [2.24, 2.45) is 23.7 Å². The minimum Gasteiger partial charge on any atom is -0.508 e. The summed E-state index contributed by atoms with van der Waals surface area (Å²) >= 11 is 0. The van der Waals surface area contributed by atoms with Gasteiger partial charge >= 0.3 is 0 Å². The molecule has 17 heavy (non-hydrogen) atoms. The standard InChI is InChI=1S/C16H20O/c17-14-3-1-2-12(9-14)15-7-10-4-11-6-13(5-10)16(15)8-11/h1-3,9-11,13,15-17H,4-8H2/t10?,11?,13?,15-,16?/m1/s1. The average molecular weight is 228 g/mol. The summed E-state index contributed by atoms with van der Waals surface area (Å²) in [6.07, 6.45) is 7.32. The van der Waals surface area contributed by atoms with Crippen LogP contribution in [-0.2, 0) is 0 Å². The molecule has 0 aliphatic heterocycles. The highest BCUT2D eigenvalue weighted by Crippen LogP contribution is 2.59. The van der Waals surface area contributed by atoms with E-state index in [1.54, 1.807) is 6.07 Å². The highest BCUT2D eigenvalue weighted by atomic mass is 16.3. The third kappa shape index (κ3) is 1.51. The number of benzene rings is 1. The third-order valence-electron chi connectivity index (χ3n) is 5.55. The van der Waals surface area contributed by atoms with E-state index in [1.807, 2.05) is 12.1 Å². The molecule has 3 saturated carbocycles. The summed E-state index contributed by atoms with van der Waals surface area (Å²) in [4.78, 5) is 0. The Bertz CT molecular complexity index is 437. The third-order valence-corrected chi connectivity index (χ3v) is 5.55. The smallest absolute Gasteiger partial charge is 0.115 e. The minimum atomic E-state index is 0.440. The summed E-state index contributed by atoms with van der Waals surface area (Å²) in [6.45, 7) is 0. The first kappa shape index (κ1) is 9.99. The van der Waals surface area contributed by atoms with Crippen LogP contribution in [0.5, 0.6) is 5.75 Å². The van der Waals surface area contributed by atoms with Crippen molar-refractivity contribution in [2.75, 3.05) is 0 Å². The van der Waals surface area contributed by atoms with Crippen LogP contribution in [0.25, 0.3) is 0 Å². The quantitative estimate of drug-likeness (QED) is 0.772. The highest BCUT2D eigenvalue weighted by molar-refractivity contribution is 5.31. The van der Waals surface area contributed by atoms with E-state index < -0.39 is 0 Å². The molecule has 1 nitrogen and oxygen atoms in total. The Labute approximate surface area is 103 Å². The topological polar surface area (TPSA) is 20.2 Å². The van der Waals surface area contributed by atoms with Crippen molar-refractivity contribution in [3.8, 4) is 5.75 Å². The van der Waals surface area contributed by atoms with E-state index in [9.17, 15) is 5.11 Å². The van der Waals surface area contributed by atoms with Crippen molar-refractivity contribution < 1.29 is 5.11 Å². The second-order valence-electron chi connectivity index (χ2n) is 6.54. The number of hydrogen-bond acceptors (Lipinski definition) is 1. The van der Waals surface area contributed by atoms with Crippen molar-refractivity contribution >= 4 is 0 Å². The van der Waals surface area contributed by atoms with Gasteiger partial charge in [0.1, 0.15) is 5.75 Å². The predicted octanol–water partition coefficient (Wildman–Crippen LogP) is 3.93. The van der Waals surface area contributed by atoms with Crippen LogP contribution in [0, 0.1) is 23.7 Å². The maximum Gasteiger partial charge on any atom is 0.115 e. The van der Waals surface area contributed by atoms with Gasteiger partial charge in [0.2, 0.25) is 0 Å². The zero-order valence-electron chi connectivity index (χ0n) is 10.2. The molecule has 1 aromatic rings. The summed E-state index contributed by atoms with van der Waals surface area (Å²) in [6, 6.07) is 8.03. The number of fused-ring (bicyclic) bond motifs is 2. The van der Waals surface area contributed by atoms with Crippen LogP contribution in [0.3, 0.4) is 0 Å². The van der Waals surface area contributed by atoms with E-state index in [0.29, 0.717) is 5.75 Å². The number of hydrogen-bond donors (Lipinski definition) is 1. The molecule has 4 rings (SSSR count). The Hall–Kier alpha value is -0.980. The molecule has 90 valence electrons. The molecule has 1 aromatic carbocycles. The summed E-state index contributed by atoms with van der Waals surface area (Å²) in [5.41, 5.74) is 1.40. The van der Waals surface area contributed by atoms with Crippen molar-refractivity contribution in [1.82, 2.24) is 0 Å². The van der Waals surface area contributed by atoms with Crippen LogP contribution in [0.15, 0.2) is 24.3 Å². The molecule has 3 fully saturated rings. The van der Waals surface area contributed by atoms with Crippen molar-refractivity contribution in [3.63, 3.8) is 0 Å². The normalized spacial score (nSPS) is 42.9. The Balaban J connectivity index is 1.71. The van der Waals surface area contributed by atoms with E-state index >= 15 is 0 Å². The second kappa shape index (κ2) is 3.51. The molecule has 0 saturated heterocycles. The van der Waals surface area contributed by atoms with E-state index in [1.165, 1.54) is 37.7 Å². The Morgan fingerprint density at radius 2 is 1.76 bits per heavy atom. The Kier molecular flexibility index (Phi) is 2.06. The second-order valence-corrected chi connectivity index (χ2v) is 6.54. The van der Waals surface area contributed by atoms with Crippen LogP contribution < -0.4 is 0 Å². The number of aromatic hydroxyl groups is 1. The molecular formula is C16H20O. The molecule has 5 atom stereocenters. The zero-order chi connectivity index (χ0) is 11.4. The van der Waals surface area contributed by atoms with Gasteiger partial charge in [-0.25, -0.2) is 0 Å². The van der Waals surface area contributed by atoms with Crippen LogP contribution >= 0.6 is 0 Å². The Morgan fingerprint density at radius 1 is 0.941 bits per heavy atom. The molecule has 0 spiro atoms. The van der Waals surface area contributed by atoms with Gasteiger partial charge in [-0.05, 0) is 79.4 Å². The van der Waals surface area contributed by atoms with Crippen molar-refractivity contribution in [2.45, 2.75) is 38.0 Å². The molecule has 3 bridgehead atoms. The fourth-order valence-corrected chi connectivity index (χ4v) is 5.09. The molecule has 3 aliphatic rings. The van der Waals surface area contributed by atoms with Crippen LogP contribution in [0.2, 0.25) is 0 Å². The first-order valence-electron chi connectivity index (χ1n) is 7.08. The lowest BCUT2D eigenvalue weighted by molar-refractivity contribution is 0.154. The van der Waals surface area contributed by atoms with E-state index in [4.69, 9.17) is 0 Å². The fraction of sp³-hybridized carbons (Fsp3) is 0.625. The van der Waals surface area contributed by atoms with Gasteiger partial charge in [-0.3, -0.25) is 0 Å². The fourth-order valence-electron chi connectivity index (χ4n) is 5.09. The lowest BCUT2D eigenvalue weighted by Gasteiger charge is -2.39. The molecule has 4 unspecified atom stereocenters. The molecule has 0 radical (unpaired) electrons.